The van der Waals surface area contributed by atoms with Gasteiger partial charge >= 0.3 is 0 Å². The van der Waals surface area contributed by atoms with Gasteiger partial charge < -0.3 is 23.5 Å². The first-order chi connectivity index (χ1) is 18.9. The molecule has 1 atom stereocenters. The smallest absolute Gasteiger partial charge is 0.291 e. The number of hydrogen-bond donors (Lipinski definition) is 0. The lowest BCUT2D eigenvalue weighted by atomic mass is 9.97. The fourth-order valence-corrected chi connectivity index (χ4v) is 5.08. The molecule has 0 saturated carbocycles. The van der Waals surface area contributed by atoms with E-state index in [1.807, 2.05) is 61.5 Å². The van der Waals surface area contributed by atoms with Gasteiger partial charge in [-0.15, -0.1) is 0 Å². The van der Waals surface area contributed by atoms with Gasteiger partial charge in [-0.25, -0.2) is 0 Å². The molecule has 0 N–H and O–H groups in total. The normalized spacial score (nSPS) is 14.5. The lowest BCUT2D eigenvalue weighted by Crippen LogP contribution is -2.29. The highest BCUT2D eigenvalue weighted by Gasteiger charge is 2.43. The van der Waals surface area contributed by atoms with Crippen LogP contribution in [0.2, 0.25) is 0 Å². The second-order valence-electron chi connectivity index (χ2n) is 9.82. The number of carbonyl (C=O) groups is 1. The summed E-state index contributed by atoms with van der Waals surface area (Å²) in [4.78, 5) is 29.4. The molecule has 0 fully saturated rings. The van der Waals surface area contributed by atoms with Crippen molar-refractivity contribution < 1.29 is 23.4 Å². The first kappa shape index (κ1) is 26.4. The summed E-state index contributed by atoms with van der Waals surface area (Å²) in [5.41, 5.74) is 3.12. The number of fused-ring (bicyclic) bond motifs is 2. The lowest BCUT2D eigenvalue weighted by molar-refractivity contribution is 0.0714. The van der Waals surface area contributed by atoms with Gasteiger partial charge in [-0.1, -0.05) is 49.6 Å². The Kier molecular flexibility index (Phi) is 7.59. The maximum atomic E-state index is 13.9. The van der Waals surface area contributed by atoms with Crippen molar-refractivity contribution in [3.05, 3.63) is 98.9 Å². The Morgan fingerprint density at radius 3 is 2.41 bits per heavy atom. The Hall–Kier alpha value is -4.26. The molecule has 1 aromatic heterocycles. The van der Waals surface area contributed by atoms with Crippen LogP contribution < -0.4 is 19.6 Å². The monoisotopic (exact) mass is 527 g/mol. The van der Waals surface area contributed by atoms with Gasteiger partial charge in [0.2, 0.25) is 5.76 Å². The molecule has 0 aliphatic carbocycles. The van der Waals surface area contributed by atoms with Crippen molar-refractivity contribution in [2.45, 2.75) is 45.7 Å². The van der Waals surface area contributed by atoms with E-state index in [1.54, 1.807) is 25.2 Å². The number of aryl methyl sites for hydroxylation is 1. The Morgan fingerprint density at radius 1 is 0.897 bits per heavy atom. The molecule has 1 unspecified atom stereocenters. The summed E-state index contributed by atoms with van der Waals surface area (Å²) in [6, 6.07) is 17.9. The molecule has 39 heavy (non-hydrogen) atoms. The molecule has 7 heteroatoms. The Morgan fingerprint density at radius 2 is 1.69 bits per heavy atom. The molecule has 0 bridgehead atoms. The van der Waals surface area contributed by atoms with E-state index < -0.39 is 6.04 Å². The van der Waals surface area contributed by atoms with Crippen LogP contribution in [0.1, 0.15) is 65.0 Å². The summed E-state index contributed by atoms with van der Waals surface area (Å²) in [5.74, 6) is 1.65. The van der Waals surface area contributed by atoms with E-state index in [4.69, 9.17) is 18.6 Å². The highest BCUT2D eigenvalue weighted by molar-refractivity contribution is 5.99. The van der Waals surface area contributed by atoms with Gasteiger partial charge in [-0.2, -0.15) is 0 Å². The second kappa shape index (κ2) is 11.2. The minimum absolute atomic E-state index is 0.0775. The molecule has 1 aliphatic rings. The van der Waals surface area contributed by atoms with Crippen molar-refractivity contribution in [2.75, 3.05) is 20.8 Å². The summed E-state index contributed by atoms with van der Waals surface area (Å²) >= 11 is 0. The van der Waals surface area contributed by atoms with Gasteiger partial charge in [0.15, 0.2) is 16.9 Å². The zero-order chi connectivity index (χ0) is 27.5. The number of ether oxygens (including phenoxy) is 3. The maximum Gasteiger partial charge on any atom is 0.291 e. The van der Waals surface area contributed by atoms with Crippen LogP contribution in [-0.2, 0) is 6.54 Å². The number of methoxy groups -OCH3 is 2. The molecule has 4 aromatic rings. The largest absolute Gasteiger partial charge is 0.497 e. The Balaban J connectivity index is 1.61. The van der Waals surface area contributed by atoms with E-state index in [2.05, 4.69) is 6.92 Å². The van der Waals surface area contributed by atoms with E-state index in [0.717, 1.165) is 41.7 Å². The van der Waals surface area contributed by atoms with Crippen molar-refractivity contribution in [1.29, 1.82) is 0 Å². The second-order valence-corrected chi connectivity index (χ2v) is 9.82. The van der Waals surface area contributed by atoms with Crippen LogP contribution in [-0.4, -0.2) is 31.6 Å². The molecule has 1 amide bonds. The number of nitrogens with zero attached hydrogens (tertiary/aromatic N) is 1. The molecule has 202 valence electrons. The number of carbonyl (C=O) groups excluding carboxylic acids is 1. The van der Waals surface area contributed by atoms with Crippen molar-refractivity contribution in [2.24, 2.45) is 0 Å². The Labute approximate surface area is 227 Å². The van der Waals surface area contributed by atoms with Gasteiger partial charge in [0.1, 0.15) is 11.3 Å². The number of unbranched alkanes of at least 4 members (excludes halogenated alkanes) is 2. The molecule has 1 aliphatic heterocycles. The van der Waals surface area contributed by atoms with Crippen LogP contribution in [0.5, 0.6) is 17.2 Å². The van der Waals surface area contributed by atoms with Crippen LogP contribution in [0.15, 0.2) is 69.9 Å². The molecule has 2 heterocycles. The molecule has 0 saturated heterocycles. The molecule has 3 aromatic carbocycles. The minimum atomic E-state index is -0.654. The summed E-state index contributed by atoms with van der Waals surface area (Å²) in [6.45, 7) is 4.95. The SMILES string of the molecule is CCCCCOc1ccc(C2c3c(oc4ccc(C)cc4c3=O)C(=O)N2Cc2ccc(OC)cc2)cc1OC. The number of rotatable bonds is 10. The van der Waals surface area contributed by atoms with Crippen LogP contribution in [0.4, 0.5) is 0 Å². The standard InChI is InChI=1S/C32H33NO6/c1-5-6-7-16-38-26-15-11-22(18-27(26)37-4)29-28-30(34)24-17-20(2)8-14-25(24)39-31(28)32(35)33(29)19-21-9-12-23(36-3)13-10-21/h8-15,17-18,29H,5-7,16,19H2,1-4H3. The molecule has 7 nitrogen and oxygen atoms in total. The fraction of sp³-hybridized carbons (Fsp3) is 0.312. The van der Waals surface area contributed by atoms with Crippen molar-refractivity contribution in [3.63, 3.8) is 0 Å². The van der Waals surface area contributed by atoms with Crippen LogP contribution in [0.3, 0.4) is 0 Å². The Bertz CT molecular complexity index is 1560. The topological polar surface area (TPSA) is 78.2 Å². The molecular formula is C32H33NO6. The van der Waals surface area contributed by atoms with E-state index in [1.165, 1.54) is 0 Å². The third kappa shape index (κ3) is 5.09. The quantitative estimate of drug-likeness (QED) is 0.221. The highest BCUT2D eigenvalue weighted by atomic mass is 16.5. The molecule has 0 spiro atoms. The van der Waals surface area contributed by atoms with E-state index >= 15 is 0 Å². The maximum absolute atomic E-state index is 13.9. The predicted octanol–water partition coefficient (Wildman–Crippen LogP) is 6.43. The predicted molar refractivity (Wildman–Crippen MR) is 150 cm³/mol. The van der Waals surface area contributed by atoms with Gasteiger partial charge in [-0.05, 0) is 60.9 Å². The fourth-order valence-electron chi connectivity index (χ4n) is 5.08. The lowest BCUT2D eigenvalue weighted by Gasteiger charge is -2.26. The van der Waals surface area contributed by atoms with E-state index in [9.17, 15) is 9.59 Å². The van der Waals surface area contributed by atoms with Gasteiger partial charge in [0.25, 0.3) is 5.91 Å². The highest BCUT2D eigenvalue weighted by Crippen LogP contribution is 2.42. The number of benzene rings is 3. The third-order valence-electron chi connectivity index (χ3n) is 7.14. The van der Waals surface area contributed by atoms with Crippen LogP contribution in [0, 0.1) is 6.92 Å². The minimum Gasteiger partial charge on any atom is -0.497 e. The third-order valence-corrected chi connectivity index (χ3v) is 7.14. The molecular weight excluding hydrogens is 494 g/mol. The van der Waals surface area contributed by atoms with E-state index in [-0.39, 0.29) is 23.6 Å². The van der Waals surface area contributed by atoms with Crippen molar-refractivity contribution >= 4 is 16.9 Å². The summed E-state index contributed by atoms with van der Waals surface area (Å²) < 4.78 is 23.0. The average Bonchev–Trinajstić information content (AvgIpc) is 3.23. The van der Waals surface area contributed by atoms with Crippen molar-refractivity contribution in [3.8, 4) is 17.2 Å². The first-order valence-corrected chi connectivity index (χ1v) is 13.3. The van der Waals surface area contributed by atoms with Crippen LogP contribution in [0.25, 0.3) is 11.0 Å². The number of hydrogen-bond acceptors (Lipinski definition) is 6. The van der Waals surface area contributed by atoms with Crippen molar-refractivity contribution in [1.82, 2.24) is 4.90 Å². The van der Waals surface area contributed by atoms with Crippen LogP contribution >= 0.6 is 0 Å². The number of amides is 1. The molecule has 5 rings (SSSR count). The first-order valence-electron chi connectivity index (χ1n) is 13.3. The summed E-state index contributed by atoms with van der Waals surface area (Å²) in [7, 11) is 3.20. The zero-order valence-corrected chi connectivity index (χ0v) is 22.8. The molecule has 0 radical (unpaired) electrons. The summed E-state index contributed by atoms with van der Waals surface area (Å²) in [5, 5.41) is 0.459. The zero-order valence-electron chi connectivity index (χ0n) is 22.8. The van der Waals surface area contributed by atoms with Gasteiger partial charge in [0, 0.05) is 6.54 Å². The summed E-state index contributed by atoms with van der Waals surface area (Å²) in [6.07, 6.45) is 3.15. The van der Waals surface area contributed by atoms with Gasteiger partial charge in [0.05, 0.1) is 37.8 Å². The average molecular weight is 528 g/mol. The van der Waals surface area contributed by atoms with E-state index in [0.29, 0.717) is 34.6 Å². The van der Waals surface area contributed by atoms with Gasteiger partial charge in [-0.3, -0.25) is 9.59 Å².